The lowest BCUT2D eigenvalue weighted by Gasteiger charge is -2.42. The summed E-state index contributed by atoms with van der Waals surface area (Å²) in [4.78, 5) is 2.69. The van der Waals surface area contributed by atoms with E-state index in [1.165, 1.54) is 25.7 Å². The number of fused-ring (bicyclic) bond motifs is 2. The lowest BCUT2D eigenvalue weighted by atomic mass is 9.95. The first kappa shape index (κ1) is 12.3. The van der Waals surface area contributed by atoms with Crippen LogP contribution in [0.5, 0.6) is 0 Å². The quantitative estimate of drug-likeness (QED) is 0.788. The summed E-state index contributed by atoms with van der Waals surface area (Å²) in [6.07, 6.45) is 5.38. The first-order chi connectivity index (χ1) is 7.55. The SMILES string of the molecule is CNC1CC2CCC(C1)N2CC(C)(C)OC. The third-order valence-electron chi connectivity index (χ3n) is 4.41. The number of nitrogens with zero attached hydrogens (tertiary/aromatic N) is 1. The van der Waals surface area contributed by atoms with Gasteiger partial charge >= 0.3 is 0 Å². The van der Waals surface area contributed by atoms with E-state index in [4.69, 9.17) is 4.74 Å². The van der Waals surface area contributed by atoms with Crippen LogP contribution in [0.25, 0.3) is 0 Å². The van der Waals surface area contributed by atoms with Crippen LogP contribution in [-0.2, 0) is 4.74 Å². The minimum absolute atomic E-state index is 0.00663. The standard InChI is InChI=1S/C13H26N2O/c1-13(2,16-4)9-15-11-5-6-12(15)8-10(7-11)14-3/h10-12,14H,5-9H2,1-4H3. The molecule has 2 atom stereocenters. The van der Waals surface area contributed by atoms with E-state index in [9.17, 15) is 0 Å². The molecule has 0 aromatic heterocycles. The Labute approximate surface area is 99.5 Å². The number of hydrogen-bond acceptors (Lipinski definition) is 3. The van der Waals surface area contributed by atoms with Crippen molar-refractivity contribution in [3.8, 4) is 0 Å². The number of methoxy groups -OCH3 is 1. The Balaban J connectivity index is 1.98. The van der Waals surface area contributed by atoms with E-state index in [0.717, 1.165) is 24.7 Å². The Kier molecular flexibility index (Phi) is 3.57. The third kappa shape index (κ3) is 2.41. The molecule has 2 aliphatic heterocycles. The molecule has 0 amide bonds. The molecule has 3 nitrogen and oxygen atoms in total. The zero-order valence-corrected chi connectivity index (χ0v) is 11.1. The Hall–Kier alpha value is -0.120. The van der Waals surface area contributed by atoms with Gasteiger partial charge in [-0.1, -0.05) is 0 Å². The van der Waals surface area contributed by atoms with Crippen LogP contribution >= 0.6 is 0 Å². The van der Waals surface area contributed by atoms with Gasteiger partial charge in [0.2, 0.25) is 0 Å². The number of piperidine rings is 1. The minimum Gasteiger partial charge on any atom is -0.377 e. The molecule has 2 rings (SSSR count). The fourth-order valence-electron chi connectivity index (χ4n) is 3.27. The van der Waals surface area contributed by atoms with Gasteiger partial charge in [-0.15, -0.1) is 0 Å². The number of rotatable bonds is 4. The third-order valence-corrected chi connectivity index (χ3v) is 4.41. The van der Waals surface area contributed by atoms with Gasteiger partial charge in [0.15, 0.2) is 0 Å². The van der Waals surface area contributed by atoms with E-state index >= 15 is 0 Å². The molecule has 1 N–H and O–H groups in total. The Bertz CT molecular complexity index is 228. The first-order valence-electron chi connectivity index (χ1n) is 6.54. The largest absolute Gasteiger partial charge is 0.377 e. The zero-order valence-electron chi connectivity index (χ0n) is 11.1. The molecule has 0 aromatic rings. The van der Waals surface area contributed by atoms with Crippen molar-refractivity contribution in [3.63, 3.8) is 0 Å². The second-order valence-electron chi connectivity index (χ2n) is 5.98. The van der Waals surface area contributed by atoms with Crippen LogP contribution in [0.3, 0.4) is 0 Å². The molecular formula is C13H26N2O. The van der Waals surface area contributed by atoms with Crippen molar-refractivity contribution in [1.82, 2.24) is 10.2 Å². The highest BCUT2D eigenvalue weighted by Gasteiger charge is 2.42. The van der Waals surface area contributed by atoms with Crippen molar-refractivity contribution in [2.24, 2.45) is 0 Å². The van der Waals surface area contributed by atoms with Crippen molar-refractivity contribution in [3.05, 3.63) is 0 Å². The van der Waals surface area contributed by atoms with Crippen LogP contribution in [0, 0.1) is 0 Å². The maximum Gasteiger partial charge on any atom is 0.0749 e. The number of nitrogens with one attached hydrogen (secondary N) is 1. The second kappa shape index (κ2) is 4.63. The molecule has 0 saturated carbocycles. The molecule has 2 bridgehead atoms. The molecule has 2 saturated heterocycles. The van der Waals surface area contributed by atoms with Crippen LogP contribution < -0.4 is 5.32 Å². The predicted molar refractivity (Wildman–Crippen MR) is 66.7 cm³/mol. The highest BCUT2D eigenvalue weighted by molar-refractivity contribution is 4.98. The second-order valence-corrected chi connectivity index (χ2v) is 5.98. The summed E-state index contributed by atoms with van der Waals surface area (Å²) in [5, 5.41) is 3.44. The molecule has 2 unspecified atom stereocenters. The molecule has 0 spiro atoms. The molecule has 0 radical (unpaired) electrons. The van der Waals surface area contributed by atoms with E-state index in [2.05, 4.69) is 31.1 Å². The molecular weight excluding hydrogens is 200 g/mol. The van der Waals surface area contributed by atoms with Gasteiger partial charge in [0.25, 0.3) is 0 Å². The average Bonchev–Trinajstić information content (AvgIpc) is 2.52. The first-order valence-corrected chi connectivity index (χ1v) is 6.54. The summed E-state index contributed by atoms with van der Waals surface area (Å²) in [5.41, 5.74) is -0.00663. The monoisotopic (exact) mass is 226 g/mol. The fourth-order valence-corrected chi connectivity index (χ4v) is 3.27. The van der Waals surface area contributed by atoms with Gasteiger partial charge < -0.3 is 10.1 Å². The molecule has 16 heavy (non-hydrogen) atoms. The Morgan fingerprint density at radius 3 is 2.25 bits per heavy atom. The van der Waals surface area contributed by atoms with Crippen molar-refractivity contribution >= 4 is 0 Å². The molecule has 0 aromatic carbocycles. The van der Waals surface area contributed by atoms with Crippen molar-refractivity contribution in [1.29, 1.82) is 0 Å². The van der Waals surface area contributed by atoms with Gasteiger partial charge in [0.1, 0.15) is 0 Å². The summed E-state index contributed by atoms with van der Waals surface area (Å²) in [6, 6.07) is 2.30. The number of hydrogen-bond donors (Lipinski definition) is 1. The lowest BCUT2D eigenvalue weighted by Crippen LogP contribution is -2.52. The van der Waals surface area contributed by atoms with Crippen molar-refractivity contribution in [2.45, 2.75) is 63.3 Å². The van der Waals surface area contributed by atoms with Crippen LogP contribution in [0.15, 0.2) is 0 Å². The lowest BCUT2D eigenvalue weighted by molar-refractivity contribution is -0.0301. The summed E-state index contributed by atoms with van der Waals surface area (Å²) in [5.74, 6) is 0. The van der Waals surface area contributed by atoms with Crippen LogP contribution in [0.1, 0.15) is 39.5 Å². The van der Waals surface area contributed by atoms with Crippen LogP contribution in [0.2, 0.25) is 0 Å². The topological polar surface area (TPSA) is 24.5 Å². The van der Waals surface area contributed by atoms with Crippen molar-refractivity contribution < 1.29 is 4.74 Å². The van der Waals surface area contributed by atoms with Gasteiger partial charge in [-0.2, -0.15) is 0 Å². The summed E-state index contributed by atoms with van der Waals surface area (Å²) < 4.78 is 5.56. The van der Waals surface area contributed by atoms with E-state index < -0.39 is 0 Å². The van der Waals surface area contributed by atoms with E-state index in [1.54, 1.807) is 0 Å². The maximum absolute atomic E-state index is 5.56. The highest BCUT2D eigenvalue weighted by Crippen LogP contribution is 2.36. The molecule has 0 aliphatic carbocycles. The maximum atomic E-state index is 5.56. The number of ether oxygens (including phenoxy) is 1. The summed E-state index contributed by atoms with van der Waals surface area (Å²) in [7, 11) is 3.92. The highest BCUT2D eigenvalue weighted by atomic mass is 16.5. The average molecular weight is 226 g/mol. The molecule has 2 fully saturated rings. The molecule has 3 heteroatoms. The molecule has 2 aliphatic rings. The van der Waals surface area contributed by atoms with Crippen molar-refractivity contribution in [2.75, 3.05) is 20.7 Å². The predicted octanol–water partition coefficient (Wildman–Crippen LogP) is 1.63. The fraction of sp³-hybridized carbons (Fsp3) is 1.00. The smallest absolute Gasteiger partial charge is 0.0749 e. The van der Waals surface area contributed by atoms with Crippen LogP contribution in [-0.4, -0.2) is 49.3 Å². The summed E-state index contributed by atoms with van der Waals surface area (Å²) in [6.45, 7) is 5.46. The van der Waals surface area contributed by atoms with Gasteiger partial charge in [0.05, 0.1) is 5.60 Å². The van der Waals surface area contributed by atoms with E-state index in [1.807, 2.05) is 7.11 Å². The van der Waals surface area contributed by atoms with Gasteiger partial charge in [0, 0.05) is 31.8 Å². The molecule has 2 heterocycles. The Morgan fingerprint density at radius 1 is 1.25 bits per heavy atom. The Morgan fingerprint density at radius 2 is 1.81 bits per heavy atom. The van der Waals surface area contributed by atoms with E-state index in [0.29, 0.717) is 0 Å². The summed E-state index contributed by atoms with van der Waals surface area (Å²) >= 11 is 0. The van der Waals surface area contributed by atoms with Gasteiger partial charge in [-0.05, 0) is 46.6 Å². The molecule has 94 valence electrons. The van der Waals surface area contributed by atoms with Crippen LogP contribution in [0.4, 0.5) is 0 Å². The van der Waals surface area contributed by atoms with Gasteiger partial charge in [-0.3, -0.25) is 4.90 Å². The van der Waals surface area contributed by atoms with Gasteiger partial charge in [-0.25, -0.2) is 0 Å². The van der Waals surface area contributed by atoms with E-state index in [-0.39, 0.29) is 5.60 Å². The normalized spacial score (nSPS) is 35.6. The zero-order chi connectivity index (χ0) is 11.8. The minimum atomic E-state index is -0.00663.